The maximum atomic E-state index is 13.7. The molecular formula is C26H35N3O6S. The first kappa shape index (κ1) is 27.3. The van der Waals surface area contributed by atoms with Crippen LogP contribution in [0.25, 0.3) is 0 Å². The van der Waals surface area contributed by atoms with Crippen LogP contribution in [0.3, 0.4) is 0 Å². The van der Waals surface area contributed by atoms with Crippen molar-refractivity contribution in [2.24, 2.45) is 0 Å². The minimum Gasteiger partial charge on any atom is -0.486 e. The lowest BCUT2D eigenvalue weighted by Gasteiger charge is -2.33. The van der Waals surface area contributed by atoms with Gasteiger partial charge in [-0.2, -0.15) is 0 Å². The summed E-state index contributed by atoms with van der Waals surface area (Å²) in [6.07, 6.45) is 1.97. The lowest BCUT2D eigenvalue weighted by atomic mass is 10.1. The van der Waals surface area contributed by atoms with E-state index in [9.17, 15) is 18.0 Å². The summed E-state index contributed by atoms with van der Waals surface area (Å²) in [6, 6.07) is 13.6. The van der Waals surface area contributed by atoms with Crippen LogP contribution in [0.4, 0.5) is 5.69 Å². The minimum atomic E-state index is -3.82. The van der Waals surface area contributed by atoms with Gasteiger partial charge in [0.2, 0.25) is 21.8 Å². The second kappa shape index (κ2) is 12.1. The first-order valence-corrected chi connectivity index (χ1v) is 14.0. The van der Waals surface area contributed by atoms with E-state index in [0.717, 1.165) is 16.1 Å². The Hall–Kier alpha value is -3.27. The highest BCUT2D eigenvalue weighted by Crippen LogP contribution is 2.34. The third-order valence-electron chi connectivity index (χ3n) is 5.79. The Morgan fingerprint density at radius 1 is 1.03 bits per heavy atom. The van der Waals surface area contributed by atoms with E-state index in [1.807, 2.05) is 51.1 Å². The zero-order valence-electron chi connectivity index (χ0n) is 21.3. The van der Waals surface area contributed by atoms with Gasteiger partial charge in [0.1, 0.15) is 25.8 Å². The number of fused-ring (bicyclic) bond motifs is 1. The molecule has 10 heteroatoms. The molecule has 1 aliphatic heterocycles. The lowest BCUT2D eigenvalue weighted by molar-refractivity contribution is -0.139. The fourth-order valence-electron chi connectivity index (χ4n) is 4.08. The molecule has 3 rings (SSSR count). The van der Waals surface area contributed by atoms with Gasteiger partial charge in [0.05, 0.1) is 11.9 Å². The number of hydrogen-bond donors (Lipinski definition) is 1. The number of anilines is 1. The number of ether oxygens (including phenoxy) is 2. The molecule has 0 aromatic heterocycles. The maximum Gasteiger partial charge on any atom is 0.244 e. The highest BCUT2D eigenvalue weighted by molar-refractivity contribution is 7.92. The highest BCUT2D eigenvalue weighted by Gasteiger charge is 2.32. The lowest BCUT2D eigenvalue weighted by Crippen LogP contribution is -2.54. The molecule has 1 unspecified atom stereocenters. The first-order valence-electron chi connectivity index (χ1n) is 12.1. The number of carbonyl (C=O) groups is 2. The average molecular weight is 518 g/mol. The van der Waals surface area contributed by atoms with Crippen molar-refractivity contribution in [2.75, 3.05) is 36.9 Å². The Kier molecular flexibility index (Phi) is 9.19. The van der Waals surface area contributed by atoms with E-state index in [1.54, 1.807) is 18.2 Å². The van der Waals surface area contributed by atoms with Crippen molar-refractivity contribution in [3.05, 3.63) is 54.1 Å². The topological polar surface area (TPSA) is 105 Å². The van der Waals surface area contributed by atoms with E-state index in [4.69, 9.17) is 9.47 Å². The molecule has 2 amide bonds. The first-order chi connectivity index (χ1) is 17.1. The molecule has 1 N–H and O–H groups in total. The van der Waals surface area contributed by atoms with Crippen LogP contribution in [0.5, 0.6) is 11.5 Å². The SMILES string of the molecule is CCC(C(=O)NC(C)C)N(CCc1ccccc1)C(=O)CN(c1ccc2c(c1)OCCO2)S(C)(=O)=O. The average Bonchev–Trinajstić information content (AvgIpc) is 2.84. The van der Waals surface area contributed by atoms with E-state index >= 15 is 0 Å². The molecule has 0 saturated heterocycles. The van der Waals surface area contributed by atoms with E-state index < -0.39 is 28.5 Å². The number of hydrogen-bond acceptors (Lipinski definition) is 6. The van der Waals surface area contributed by atoms with Crippen molar-refractivity contribution in [1.29, 1.82) is 0 Å². The van der Waals surface area contributed by atoms with Crippen LogP contribution in [-0.4, -0.2) is 69.8 Å². The zero-order valence-corrected chi connectivity index (χ0v) is 22.1. The van der Waals surface area contributed by atoms with Gasteiger partial charge in [-0.15, -0.1) is 0 Å². The normalized spacial score (nSPS) is 13.7. The quantitative estimate of drug-likeness (QED) is 0.491. The molecule has 2 aromatic carbocycles. The summed E-state index contributed by atoms with van der Waals surface area (Å²) in [5.74, 6) is 0.213. The predicted molar refractivity (Wildman–Crippen MR) is 139 cm³/mol. The van der Waals surface area contributed by atoms with Crippen LogP contribution in [0.1, 0.15) is 32.8 Å². The van der Waals surface area contributed by atoms with Gasteiger partial charge in [0.25, 0.3) is 0 Å². The number of nitrogens with zero attached hydrogens (tertiary/aromatic N) is 2. The van der Waals surface area contributed by atoms with Crippen LogP contribution in [0.2, 0.25) is 0 Å². The molecule has 9 nitrogen and oxygen atoms in total. The Morgan fingerprint density at radius 3 is 2.31 bits per heavy atom. The fraction of sp³-hybridized carbons (Fsp3) is 0.462. The van der Waals surface area contributed by atoms with Crippen molar-refractivity contribution in [3.63, 3.8) is 0 Å². The van der Waals surface area contributed by atoms with Gasteiger partial charge in [-0.25, -0.2) is 8.42 Å². The minimum absolute atomic E-state index is 0.0946. The van der Waals surface area contributed by atoms with Gasteiger partial charge in [-0.1, -0.05) is 37.3 Å². The molecule has 0 fully saturated rings. The summed E-state index contributed by atoms with van der Waals surface area (Å²) in [6.45, 7) is 6.13. The molecule has 196 valence electrons. The largest absolute Gasteiger partial charge is 0.486 e. The second-order valence-electron chi connectivity index (χ2n) is 9.01. The summed E-state index contributed by atoms with van der Waals surface area (Å²) in [4.78, 5) is 28.1. The predicted octanol–water partition coefficient (Wildman–Crippen LogP) is 2.60. The Morgan fingerprint density at radius 2 is 1.69 bits per heavy atom. The molecule has 1 atom stereocenters. The van der Waals surface area contributed by atoms with Gasteiger partial charge >= 0.3 is 0 Å². The fourth-order valence-corrected chi connectivity index (χ4v) is 4.92. The molecule has 0 aliphatic carbocycles. The van der Waals surface area contributed by atoms with Crippen LogP contribution in [-0.2, 0) is 26.0 Å². The van der Waals surface area contributed by atoms with Crippen molar-refractivity contribution < 1.29 is 27.5 Å². The van der Waals surface area contributed by atoms with Gasteiger partial charge in [0, 0.05) is 18.7 Å². The molecule has 1 heterocycles. The van der Waals surface area contributed by atoms with Gasteiger partial charge < -0.3 is 19.7 Å². The molecule has 0 saturated carbocycles. The molecule has 0 spiro atoms. The number of benzene rings is 2. The molecule has 36 heavy (non-hydrogen) atoms. The molecule has 2 aromatic rings. The van der Waals surface area contributed by atoms with Crippen molar-refractivity contribution in [3.8, 4) is 11.5 Å². The molecule has 0 bridgehead atoms. The second-order valence-corrected chi connectivity index (χ2v) is 10.9. The summed E-state index contributed by atoms with van der Waals surface area (Å²) in [5.41, 5.74) is 1.30. The number of amides is 2. The third kappa shape index (κ3) is 7.13. The monoisotopic (exact) mass is 517 g/mol. The maximum absolute atomic E-state index is 13.7. The smallest absolute Gasteiger partial charge is 0.244 e. The van der Waals surface area contributed by atoms with E-state index in [2.05, 4.69) is 5.32 Å². The van der Waals surface area contributed by atoms with Gasteiger partial charge in [-0.05, 0) is 44.4 Å². The van der Waals surface area contributed by atoms with Crippen molar-refractivity contribution in [1.82, 2.24) is 10.2 Å². The van der Waals surface area contributed by atoms with Crippen LogP contribution in [0, 0.1) is 0 Å². The molecule has 1 aliphatic rings. The summed E-state index contributed by atoms with van der Waals surface area (Å²) < 4.78 is 37.7. The van der Waals surface area contributed by atoms with Gasteiger partial charge in [-0.3, -0.25) is 13.9 Å². The van der Waals surface area contributed by atoms with Crippen molar-refractivity contribution in [2.45, 2.75) is 45.7 Å². The van der Waals surface area contributed by atoms with Crippen LogP contribution in [0.15, 0.2) is 48.5 Å². The number of nitrogens with one attached hydrogen (secondary N) is 1. The van der Waals surface area contributed by atoms with Gasteiger partial charge in [0.15, 0.2) is 11.5 Å². The Balaban J connectivity index is 1.90. The Bertz CT molecular complexity index is 1150. The Labute approximate surface area is 213 Å². The third-order valence-corrected chi connectivity index (χ3v) is 6.93. The summed E-state index contributed by atoms with van der Waals surface area (Å²) in [7, 11) is -3.82. The van der Waals surface area contributed by atoms with E-state index in [0.29, 0.717) is 37.6 Å². The number of rotatable bonds is 11. The molecule has 0 radical (unpaired) electrons. The van der Waals surface area contributed by atoms with Crippen molar-refractivity contribution >= 4 is 27.5 Å². The van der Waals surface area contributed by atoms with E-state index in [1.165, 1.54) is 4.90 Å². The summed E-state index contributed by atoms with van der Waals surface area (Å²) >= 11 is 0. The molecular weight excluding hydrogens is 482 g/mol. The van der Waals surface area contributed by atoms with Crippen LogP contribution >= 0.6 is 0 Å². The van der Waals surface area contributed by atoms with E-state index in [-0.39, 0.29) is 24.2 Å². The highest BCUT2D eigenvalue weighted by atomic mass is 32.2. The number of carbonyl (C=O) groups excluding carboxylic acids is 2. The number of sulfonamides is 1. The van der Waals surface area contributed by atoms with Crippen LogP contribution < -0.4 is 19.1 Å². The standard InChI is InChI=1S/C26H35N3O6S/c1-5-22(26(31)27-19(2)3)28(14-13-20-9-7-6-8-10-20)25(30)18-29(36(4,32)33)21-11-12-23-24(17-21)35-16-15-34-23/h6-12,17,19,22H,5,13-16,18H2,1-4H3,(H,27,31). The zero-order chi connectivity index (χ0) is 26.3. The summed E-state index contributed by atoms with van der Waals surface area (Å²) in [5, 5.41) is 2.88.